The molecule has 0 bridgehead atoms. The van der Waals surface area contributed by atoms with Crippen molar-refractivity contribution in [2.45, 2.75) is 4.90 Å². The second-order valence-electron chi connectivity index (χ2n) is 3.61. The van der Waals surface area contributed by atoms with Gasteiger partial charge < -0.3 is 14.6 Å². The number of carboxylic acid groups (broad SMARTS) is 1. The van der Waals surface area contributed by atoms with Crippen molar-refractivity contribution >= 4 is 21.6 Å². The van der Waals surface area contributed by atoms with E-state index in [1.54, 1.807) is 0 Å². The predicted octanol–water partition coefficient (Wildman–Crippen LogP) is 0.0861. The fraction of sp³-hybridized carbons (Fsp3) is 0.200. The van der Waals surface area contributed by atoms with E-state index in [0.29, 0.717) is 0 Å². The molecule has 0 unspecified atom stereocenters. The van der Waals surface area contributed by atoms with Crippen molar-refractivity contribution in [3.05, 3.63) is 17.7 Å². The van der Waals surface area contributed by atoms with Crippen LogP contribution in [0.1, 0.15) is 10.4 Å². The van der Waals surface area contributed by atoms with E-state index in [9.17, 15) is 18.0 Å². The van der Waals surface area contributed by atoms with Crippen molar-refractivity contribution in [1.29, 1.82) is 0 Å². The third-order valence-corrected chi connectivity index (χ3v) is 3.45. The van der Waals surface area contributed by atoms with Gasteiger partial charge in [-0.25, -0.2) is 13.2 Å². The molecule has 0 amide bonds. The highest BCUT2D eigenvalue weighted by molar-refractivity contribution is 7.90. The highest BCUT2D eigenvalue weighted by atomic mass is 32.2. The zero-order valence-corrected chi connectivity index (χ0v) is 9.98. The first-order valence-electron chi connectivity index (χ1n) is 4.72. The summed E-state index contributed by atoms with van der Waals surface area (Å²) >= 11 is 0. The molecule has 0 spiro atoms. The molecule has 2 rings (SSSR count). The minimum atomic E-state index is -3.75. The Kier molecular flexibility index (Phi) is 2.74. The maximum absolute atomic E-state index is 11.5. The zero-order chi connectivity index (χ0) is 13.5. The third-order valence-electron chi connectivity index (χ3n) is 2.31. The van der Waals surface area contributed by atoms with Crippen LogP contribution in [0.2, 0.25) is 0 Å². The van der Waals surface area contributed by atoms with Gasteiger partial charge in [-0.05, 0) is 6.07 Å². The van der Waals surface area contributed by atoms with Gasteiger partial charge in [0.15, 0.2) is 21.3 Å². The Morgan fingerprint density at radius 3 is 2.28 bits per heavy atom. The van der Waals surface area contributed by atoms with Gasteiger partial charge in [-0.2, -0.15) is 0 Å². The highest BCUT2D eigenvalue weighted by Crippen LogP contribution is 2.36. The van der Waals surface area contributed by atoms with Gasteiger partial charge in [-0.3, -0.25) is 4.79 Å². The van der Waals surface area contributed by atoms with Crippen LogP contribution in [0.15, 0.2) is 17.0 Å². The van der Waals surface area contributed by atoms with E-state index in [1.165, 1.54) is 0 Å². The van der Waals surface area contributed by atoms with Crippen molar-refractivity contribution in [1.82, 2.24) is 0 Å². The molecule has 0 radical (unpaired) electrons. The molecule has 0 saturated heterocycles. The molecule has 0 fully saturated rings. The molecule has 7 nitrogen and oxygen atoms in total. The number of hydrogen-bond donors (Lipinski definition) is 1. The van der Waals surface area contributed by atoms with Crippen molar-refractivity contribution in [3.63, 3.8) is 0 Å². The third kappa shape index (κ3) is 2.02. The fourth-order valence-corrected chi connectivity index (χ4v) is 2.39. The van der Waals surface area contributed by atoms with E-state index >= 15 is 0 Å². The number of rotatable bonds is 3. The number of carboxylic acids is 1. The molecule has 96 valence electrons. The summed E-state index contributed by atoms with van der Waals surface area (Å²) in [6.07, 6.45) is 0.878. The summed E-state index contributed by atoms with van der Waals surface area (Å²) in [6, 6.07) is 2.16. The molecular weight excluding hydrogens is 264 g/mol. The van der Waals surface area contributed by atoms with Gasteiger partial charge in [0.25, 0.3) is 5.78 Å². The fourth-order valence-electron chi connectivity index (χ4n) is 1.52. The molecule has 18 heavy (non-hydrogen) atoms. The van der Waals surface area contributed by atoms with Gasteiger partial charge in [-0.15, -0.1) is 0 Å². The SMILES string of the molecule is CS(=O)(=O)c1cc2c(cc1C(=O)C(=O)O)OCO2. The first-order chi connectivity index (χ1) is 8.30. The number of Topliss-reactive ketones (excluding diaryl/α,β-unsaturated/α-hetero) is 1. The van der Waals surface area contributed by atoms with Gasteiger partial charge in [-0.1, -0.05) is 0 Å². The lowest BCUT2D eigenvalue weighted by Gasteiger charge is -2.06. The van der Waals surface area contributed by atoms with E-state index in [4.69, 9.17) is 14.6 Å². The summed E-state index contributed by atoms with van der Waals surface area (Å²) in [6.45, 7) is -0.108. The summed E-state index contributed by atoms with van der Waals surface area (Å²) in [7, 11) is -3.75. The largest absolute Gasteiger partial charge is 0.475 e. The molecular formula is C10H8O7S. The van der Waals surface area contributed by atoms with Crippen LogP contribution >= 0.6 is 0 Å². The molecule has 0 aliphatic carbocycles. The van der Waals surface area contributed by atoms with E-state index < -0.39 is 27.2 Å². The molecule has 1 aliphatic rings. The van der Waals surface area contributed by atoms with E-state index in [-0.39, 0.29) is 23.2 Å². The molecule has 8 heteroatoms. The first kappa shape index (κ1) is 12.4. The summed E-state index contributed by atoms with van der Waals surface area (Å²) < 4.78 is 33.0. The quantitative estimate of drug-likeness (QED) is 0.613. The van der Waals surface area contributed by atoms with Gasteiger partial charge >= 0.3 is 5.97 Å². The second-order valence-corrected chi connectivity index (χ2v) is 5.59. The van der Waals surface area contributed by atoms with Crippen LogP contribution < -0.4 is 9.47 Å². The normalized spacial score (nSPS) is 13.4. The summed E-state index contributed by atoms with van der Waals surface area (Å²) in [4.78, 5) is 21.7. The monoisotopic (exact) mass is 272 g/mol. The standard InChI is InChI=1S/C10H8O7S/c1-18(14,15)8-3-7-6(16-4-17-7)2-5(8)9(11)10(12)13/h2-3H,4H2,1H3,(H,12,13). The number of carbonyl (C=O) groups excluding carboxylic acids is 1. The number of fused-ring (bicyclic) bond motifs is 1. The molecule has 1 aromatic carbocycles. The van der Waals surface area contributed by atoms with Gasteiger partial charge in [0, 0.05) is 12.3 Å². The Hall–Kier alpha value is -2.09. The number of sulfone groups is 1. The average Bonchev–Trinajstić information content (AvgIpc) is 2.71. The topological polar surface area (TPSA) is 107 Å². The van der Waals surface area contributed by atoms with Crippen LogP contribution in [0.4, 0.5) is 0 Å². The van der Waals surface area contributed by atoms with E-state index in [2.05, 4.69) is 0 Å². The summed E-state index contributed by atoms with van der Waals surface area (Å²) in [5, 5.41) is 8.66. The Bertz CT molecular complexity index is 644. The van der Waals surface area contributed by atoms with Crippen LogP contribution in [-0.4, -0.2) is 38.3 Å². The number of aliphatic carboxylic acids is 1. The Balaban J connectivity index is 2.71. The van der Waals surface area contributed by atoms with Crippen LogP contribution in [0.3, 0.4) is 0 Å². The van der Waals surface area contributed by atoms with Crippen LogP contribution in [0, 0.1) is 0 Å². The van der Waals surface area contributed by atoms with Gasteiger partial charge in [0.2, 0.25) is 6.79 Å². The van der Waals surface area contributed by atoms with Crippen molar-refractivity contribution < 1.29 is 32.6 Å². The lowest BCUT2D eigenvalue weighted by molar-refractivity contribution is -0.131. The molecule has 0 aromatic heterocycles. The molecule has 1 aromatic rings. The molecule has 1 heterocycles. The van der Waals surface area contributed by atoms with E-state index in [1.807, 2.05) is 0 Å². The molecule has 1 N–H and O–H groups in total. The van der Waals surface area contributed by atoms with Gasteiger partial charge in [0.05, 0.1) is 10.5 Å². The Labute approximate surface area is 102 Å². The lowest BCUT2D eigenvalue weighted by Crippen LogP contribution is -2.16. The van der Waals surface area contributed by atoms with Crippen molar-refractivity contribution in [2.75, 3.05) is 13.0 Å². The van der Waals surface area contributed by atoms with Crippen LogP contribution in [-0.2, 0) is 14.6 Å². The number of ketones is 1. The minimum absolute atomic E-state index is 0.108. The predicted molar refractivity (Wildman–Crippen MR) is 57.6 cm³/mol. The summed E-state index contributed by atoms with van der Waals surface area (Å²) in [5.74, 6) is -2.74. The smallest absolute Gasteiger partial charge is 0.377 e. The molecule has 0 atom stereocenters. The second kappa shape index (κ2) is 3.98. The van der Waals surface area contributed by atoms with E-state index in [0.717, 1.165) is 18.4 Å². The zero-order valence-electron chi connectivity index (χ0n) is 9.17. The van der Waals surface area contributed by atoms with Crippen molar-refractivity contribution in [3.8, 4) is 11.5 Å². The van der Waals surface area contributed by atoms with Crippen LogP contribution in [0.5, 0.6) is 11.5 Å². The minimum Gasteiger partial charge on any atom is -0.475 e. The van der Waals surface area contributed by atoms with Gasteiger partial charge in [0.1, 0.15) is 0 Å². The maximum atomic E-state index is 11.5. The van der Waals surface area contributed by atoms with Crippen molar-refractivity contribution in [2.24, 2.45) is 0 Å². The number of benzene rings is 1. The number of carbonyl (C=O) groups is 2. The Morgan fingerprint density at radius 2 is 1.78 bits per heavy atom. The summed E-state index contributed by atoms with van der Waals surface area (Å²) in [5.41, 5.74) is -0.436. The number of hydrogen-bond acceptors (Lipinski definition) is 6. The average molecular weight is 272 g/mol. The molecule has 0 saturated carbocycles. The lowest BCUT2D eigenvalue weighted by atomic mass is 10.1. The Morgan fingerprint density at radius 1 is 1.22 bits per heavy atom. The highest BCUT2D eigenvalue weighted by Gasteiger charge is 2.28. The molecule has 1 aliphatic heterocycles. The maximum Gasteiger partial charge on any atom is 0.377 e. The number of ether oxygens (including phenoxy) is 2. The van der Waals surface area contributed by atoms with Crippen LogP contribution in [0.25, 0.3) is 0 Å². The first-order valence-corrected chi connectivity index (χ1v) is 6.61.